The molecule has 2 saturated heterocycles. The van der Waals surface area contributed by atoms with Gasteiger partial charge in [-0.1, -0.05) is 23.7 Å². The van der Waals surface area contributed by atoms with E-state index >= 15 is 0 Å². The van der Waals surface area contributed by atoms with Gasteiger partial charge in [-0.15, -0.1) is 0 Å². The minimum absolute atomic E-state index is 0.228. The molecule has 5 rings (SSSR count). The summed E-state index contributed by atoms with van der Waals surface area (Å²) in [7, 11) is 0. The molecule has 1 aromatic heterocycles. The minimum atomic E-state index is 0.228. The zero-order valence-electron chi connectivity index (χ0n) is 15.0. The number of nitrogens with zero attached hydrogens (tertiary/aromatic N) is 3. The molecule has 0 bridgehead atoms. The van der Waals surface area contributed by atoms with Crippen molar-refractivity contribution in [2.45, 2.75) is 44.6 Å². The summed E-state index contributed by atoms with van der Waals surface area (Å²) in [5, 5.41) is 1.79. The third-order valence-corrected chi connectivity index (χ3v) is 6.63. The largest absolute Gasteiger partial charge is 0.356 e. The number of para-hydroxylation sites is 1. The van der Waals surface area contributed by atoms with Crippen LogP contribution < -0.4 is 4.90 Å². The molecule has 0 N–H and O–H groups in total. The maximum atomic E-state index is 12.3. The van der Waals surface area contributed by atoms with Crippen molar-refractivity contribution in [1.82, 2.24) is 9.88 Å². The molecular weight excluding hydrogens is 346 g/mol. The van der Waals surface area contributed by atoms with Gasteiger partial charge in [-0.2, -0.15) is 0 Å². The van der Waals surface area contributed by atoms with Crippen LogP contribution in [-0.4, -0.2) is 41.5 Å². The van der Waals surface area contributed by atoms with Gasteiger partial charge in [0.1, 0.15) is 5.82 Å². The van der Waals surface area contributed by atoms with Gasteiger partial charge >= 0.3 is 0 Å². The van der Waals surface area contributed by atoms with E-state index in [1.807, 2.05) is 12.1 Å². The molecular formula is C21H24ClN3O. The molecule has 3 heterocycles. The molecule has 5 heteroatoms. The molecule has 1 aromatic carbocycles. The highest BCUT2D eigenvalue weighted by atomic mass is 35.5. The number of likely N-dealkylation sites (tertiary alicyclic amines) is 1. The zero-order valence-corrected chi connectivity index (χ0v) is 15.7. The third kappa shape index (κ3) is 2.84. The van der Waals surface area contributed by atoms with E-state index in [1.165, 1.54) is 19.3 Å². The van der Waals surface area contributed by atoms with Crippen molar-refractivity contribution in [3.05, 3.63) is 35.4 Å². The number of fused-ring (bicyclic) bond motifs is 1. The maximum Gasteiger partial charge on any atom is 0.222 e. The monoisotopic (exact) mass is 369 g/mol. The van der Waals surface area contributed by atoms with Crippen LogP contribution in [0.3, 0.4) is 0 Å². The fourth-order valence-corrected chi connectivity index (χ4v) is 5.00. The molecule has 2 aromatic rings. The highest BCUT2D eigenvalue weighted by Crippen LogP contribution is 2.43. The fourth-order valence-electron chi connectivity index (χ4n) is 4.78. The van der Waals surface area contributed by atoms with Gasteiger partial charge in [-0.05, 0) is 50.3 Å². The van der Waals surface area contributed by atoms with Gasteiger partial charge in [0.15, 0.2) is 0 Å². The molecule has 4 nitrogen and oxygen atoms in total. The van der Waals surface area contributed by atoms with Gasteiger partial charge in [0.2, 0.25) is 5.91 Å². The van der Waals surface area contributed by atoms with Gasteiger partial charge < -0.3 is 9.80 Å². The number of piperidine rings is 2. The van der Waals surface area contributed by atoms with Crippen LogP contribution in [0.1, 0.15) is 38.5 Å². The van der Waals surface area contributed by atoms with Crippen molar-refractivity contribution in [1.29, 1.82) is 0 Å². The average molecular weight is 370 g/mol. The number of aromatic nitrogens is 1. The molecule has 26 heavy (non-hydrogen) atoms. The normalized spacial score (nSPS) is 26.7. The standard InChI is InChI=1S/C21H24ClN3O/c22-17-4-1-3-15-5-8-18(23-20(15)17)24-12-2-10-21(13-24)11-9-19(26)25(14-21)16-6-7-16/h1,3-5,8,16H,2,6-7,9-14H2/t21-/m0/s1. The number of anilines is 1. The van der Waals surface area contributed by atoms with Crippen molar-refractivity contribution in [2.75, 3.05) is 24.5 Å². The number of halogens is 1. The summed E-state index contributed by atoms with van der Waals surface area (Å²) in [6, 6.07) is 10.7. The van der Waals surface area contributed by atoms with Gasteiger partial charge in [0.25, 0.3) is 0 Å². The molecule has 1 amide bonds. The lowest BCUT2D eigenvalue weighted by molar-refractivity contribution is -0.138. The van der Waals surface area contributed by atoms with Gasteiger partial charge in [-0.3, -0.25) is 4.79 Å². The molecule has 1 aliphatic carbocycles. The van der Waals surface area contributed by atoms with Crippen molar-refractivity contribution in [3.63, 3.8) is 0 Å². The Hall–Kier alpha value is -1.81. The van der Waals surface area contributed by atoms with E-state index < -0.39 is 0 Å². The Morgan fingerprint density at radius 2 is 2.00 bits per heavy atom. The Morgan fingerprint density at radius 3 is 2.85 bits per heavy atom. The lowest BCUT2D eigenvalue weighted by atomic mass is 9.73. The SMILES string of the molecule is O=C1CC[C@]2(CCCN(c3ccc4cccc(Cl)c4n3)C2)CN1C1CC1. The number of hydrogen-bond acceptors (Lipinski definition) is 3. The molecule has 0 unspecified atom stereocenters. The van der Waals surface area contributed by atoms with E-state index in [9.17, 15) is 4.79 Å². The Morgan fingerprint density at radius 1 is 1.12 bits per heavy atom. The molecule has 2 aliphatic heterocycles. The Bertz CT molecular complexity index is 865. The first-order valence-electron chi connectivity index (χ1n) is 9.73. The number of carbonyl (C=O) groups is 1. The van der Waals surface area contributed by atoms with E-state index in [0.717, 1.165) is 49.2 Å². The number of pyridine rings is 1. The predicted molar refractivity (Wildman–Crippen MR) is 105 cm³/mol. The summed E-state index contributed by atoms with van der Waals surface area (Å²) in [6.07, 6.45) is 6.48. The van der Waals surface area contributed by atoms with Crippen LogP contribution in [0.4, 0.5) is 5.82 Å². The summed E-state index contributed by atoms with van der Waals surface area (Å²) < 4.78 is 0. The quantitative estimate of drug-likeness (QED) is 0.793. The summed E-state index contributed by atoms with van der Waals surface area (Å²) in [5.41, 5.74) is 1.11. The third-order valence-electron chi connectivity index (χ3n) is 6.32. The van der Waals surface area contributed by atoms with Crippen LogP contribution in [0.15, 0.2) is 30.3 Å². The summed E-state index contributed by atoms with van der Waals surface area (Å²) in [6.45, 7) is 2.95. The number of rotatable bonds is 2. The van der Waals surface area contributed by atoms with Crippen LogP contribution in [0, 0.1) is 5.41 Å². The van der Waals surface area contributed by atoms with Crippen molar-refractivity contribution < 1.29 is 4.79 Å². The van der Waals surface area contributed by atoms with E-state index in [2.05, 4.69) is 28.0 Å². The lowest BCUT2D eigenvalue weighted by Gasteiger charge is -2.48. The Balaban J connectivity index is 1.42. The van der Waals surface area contributed by atoms with Crippen LogP contribution >= 0.6 is 11.6 Å². The predicted octanol–water partition coefficient (Wildman–Crippen LogP) is 4.26. The Labute approximate surface area is 159 Å². The second kappa shape index (κ2) is 6.12. The van der Waals surface area contributed by atoms with Crippen LogP contribution in [0.5, 0.6) is 0 Å². The minimum Gasteiger partial charge on any atom is -0.356 e. The second-order valence-electron chi connectivity index (χ2n) is 8.26. The van der Waals surface area contributed by atoms with E-state index in [1.54, 1.807) is 0 Å². The first-order valence-corrected chi connectivity index (χ1v) is 10.1. The van der Waals surface area contributed by atoms with Crippen LogP contribution in [0.2, 0.25) is 5.02 Å². The van der Waals surface area contributed by atoms with E-state index in [0.29, 0.717) is 23.4 Å². The topological polar surface area (TPSA) is 36.4 Å². The van der Waals surface area contributed by atoms with Crippen LogP contribution in [-0.2, 0) is 4.79 Å². The number of benzene rings is 1. The summed E-state index contributed by atoms with van der Waals surface area (Å²) in [4.78, 5) is 21.8. The van der Waals surface area contributed by atoms with Crippen LogP contribution in [0.25, 0.3) is 10.9 Å². The van der Waals surface area contributed by atoms with Gasteiger partial charge in [0, 0.05) is 42.9 Å². The lowest BCUT2D eigenvalue weighted by Crippen LogP contribution is -2.54. The van der Waals surface area contributed by atoms with Crippen molar-refractivity contribution >= 4 is 34.2 Å². The summed E-state index contributed by atoms with van der Waals surface area (Å²) >= 11 is 6.36. The summed E-state index contributed by atoms with van der Waals surface area (Å²) in [5.74, 6) is 1.38. The van der Waals surface area contributed by atoms with E-state index in [-0.39, 0.29) is 5.41 Å². The fraction of sp³-hybridized carbons (Fsp3) is 0.524. The average Bonchev–Trinajstić information content (AvgIpc) is 3.49. The van der Waals surface area contributed by atoms with Gasteiger partial charge in [0.05, 0.1) is 10.5 Å². The second-order valence-corrected chi connectivity index (χ2v) is 8.67. The Kier molecular flexibility index (Phi) is 3.85. The molecule has 1 spiro atoms. The molecule has 3 aliphatic rings. The number of hydrogen-bond donors (Lipinski definition) is 0. The number of amides is 1. The van der Waals surface area contributed by atoms with Gasteiger partial charge in [-0.25, -0.2) is 4.98 Å². The molecule has 3 fully saturated rings. The first kappa shape index (κ1) is 16.4. The smallest absolute Gasteiger partial charge is 0.222 e. The van der Waals surface area contributed by atoms with Crippen molar-refractivity contribution in [2.24, 2.45) is 5.41 Å². The number of carbonyl (C=O) groups excluding carboxylic acids is 1. The zero-order chi connectivity index (χ0) is 17.7. The van der Waals surface area contributed by atoms with Crippen molar-refractivity contribution in [3.8, 4) is 0 Å². The molecule has 1 saturated carbocycles. The highest BCUT2D eigenvalue weighted by Gasteiger charge is 2.45. The maximum absolute atomic E-state index is 12.3. The molecule has 136 valence electrons. The first-order chi connectivity index (χ1) is 12.6. The highest BCUT2D eigenvalue weighted by molar-refractivity contribution is 6.35. The molecule has 1 atom stereocenters. The molecule has 0 radical (unpaired) electrons. The van der Waals surface area contributed by atoms with E-state index in [4.69, 9.17) is 16.6 Å².